The SMILES string of the molecule is CC(C)C[C@@H](C=O)NC#N. The maximum Gasteiger partial charge on any atom is 0.177 e. The Bertz CT molecular complexity index is 137. The summed E-state index contributed by atoms with van der Waals surface area (Å²) < 4.78 is 0. The minimum Gasteiger partial charge on any atom is -0.314 e. The van der Waals surface area contributed by atoms with Crippen LogP contribution in [0.1, 0.15) is 20.3 Å². The summed E-state index contributed by atoms with van der Waals surface area (Å²) in [6.07, 6.45) is 3.23. The van der Waals surface area contributed by atoms with Gasteiger partial charge in [0, 0.05) is 0 Å². The topological polar surface area (TPSA) is 52.9 Å². The lowest BCUT2D eigenvalue weighted by molar-refractivity contribution is -0.109. The molecule has 10 heavy (non-hydrogen) atoms. The zero-order chi connectivity index (χ0) is 7.98. The van der Waals surface area contributed by atoms with Crippen LogP contribution in [0.3, 0.4) is 0 Å². The van der Waals surface area contributed by atoms with Gasteiger partial charge in [-0.05, 0) is 12.3 Å². The molecule has 0 aliphatic rings. The third kappa shape index (κ3) is 3.90. The summed E-state index contributed by atoms with van der Waals surface area (Å²) in [6.45, 7) is 4.02. The van der Waals surface area contributed by atoms with Crippen molar-refractivity contribution in [2.45, 2.75) is 26.3 Å². The molecule has 0 aromatic carbocycles. The minimum absolute atomic E-state index is 0.301. The molecule has 0 fully saturated rings. The van der Waals surface area contributed by atoms with Crippen LogP contribution in [0.4, 0.5) is 0 Å². The van der Waals surface area contributed by atoms with Crippen LogP contribution in [0.2, 0.25) is 0 Å². The summed E-state index contributed by atoms with van der Waals surface area (Å²) in [6, 6.07) is -0.301. The van der Waals surface area contributed by atoms with Crippen LogP contribution in [0.15, 0.2) is 0 Å². The van der Waals surface area contributed by atoms with Crippen LogP contribution in [-0.4, -0.2) is 12.3 Å². The Labute approximate surface area is 61.0 Å². The average Bonchev–Trinajstić information content (AvgIpc) is 1.86. The van der Waals surface area contributed by atoms with Crippen LogP contribution < -0.4 is 5.32 Å². The van der Waals surface area contributed by atoms with E-state index in [9.17, 15) is 4.79 Å². The Balaban J connectivity index is 3.62. The Morgan fingerprint density at radius 3 is 2.60 bits per heavy atom. The molecule has 0 aliphatic heterocycles. The molecule has 0 bridgehead atoms. The van der Waals surface area contributed by atoms with Crippen molar-refractivity contribution in [1.29, 1.82) is 5.26 Å². The van der Waals surface area contributed by atoms with Gasteiger partial charge in [-0.2, -0.15) is 5.26 Å². The molecular formula is C7H12N2O. The third-order valence-electron chi connectivity index (χ3n) is 1.14. The zero-order valence-corrected chi connectivity index (χ0v) is 6.29. The molecule has 56 valence electrons. The summed E-state index contributed by atoms with van der Waals surface area (Å²) in [4.78, 5) is 10.2. The number of rotatable bonds is 4. The Morgan fingerprint density at radius 2 is 2.30 bits per heavy atom. The predicted molar refractivity (Wildman–Crippen MR) is 38.1 cm³/mol. The average molecular weight is 140 g/mol. The molecule has 0 aliphatic carbocycles. The molecule has 3 heteroatoms. The highest BCUT2D eigenvalue weighted by Gasteiger charge is 2.06. The van der Waals surface area contributed by atoms with Gasteiger partial charge in [-0.15, -0.1) is 0 Å². The molecule has 0 heterocycles. The standard InChI is InChI=1S/C7H12N2O/c1-6(2)3-7(4-10)9-5-8/h4,6-7,9H,3H2,1-2H3/t7-/m0/s1. The van der Waals surface area contributed by atoms with E-state index < -0.39 is 0 Å². The maximum absolute atomic E-state index is 10.2. The van der Waals surface area contributed by atoms with Crippen molar-refractivity contribution in [2.24, 2.45) is 5.92 Å². The van der Waals surface area contributed by atoms with Crippen molar-refractivity contribution >= 4 is 6.29 Å². The van der Waals surface area contributed by atoms with Gasteiger partial charge in [-0.1, -0.05) is 13.8 Å². The first-order chi connectivity index (χ1) is 4.70. The second-order valence-electron chi connectivity index (χ2n) is 2.63. The molecule has 0 saturated carbocycles. The van der Waals surface area contributed by atoms with E-state index in [0.29, 0.717) is 5.92 Å². The highest BCUT2D eigenvalue weighted by Crippen LogP contribution is 2.01. The van der Waals surface area contributed by atoms with Crippen molar-refractivity contribution in [3.63, 3.8) is 0 Å². The lowest BCUT2D eigenvalue weighted by Crippen LogP contribution is -2.27. The number of nitrogens with one attached hydrogen (secondary N) is 1. The van der Waals surface area contributed by atoms with E-state index in [0.717, 1.165) is 12.7 Å². The van der Waals surface area contributed by atoms with E-state index >= 15 is 0 Å². The van der Waals surface area contributed by atoms with Crippen molar-refractivity contribution < 1.29 is 4.79 Å². The summed E-state index contributed by atoms with van der Waals surface area (Å²) in [5.74, 6) is 0.441. The normalized spacial score (nSPS) is 12.2. The Hall–Kier alpha value is -1.04. The fourth-order valence-electron chi connectivity index (χ4n) is 0.739. The van der Waals surface area contributed by atoms with Crippen molar-refractivity contribution in [1.82, 2.24) is 5.32 Å². The molecule has 0 amide bonds. The van der Waals surface area contributed by atoms with E-state index in [4.69, 9.17) is 5.26 Å². The number of hydrogen-bond donors (Lipinski definition) is 1. The highest BCUT2D eigenvalue weighted by atomic mass is 16.1. The lowest BCUT2D eigenvalue weighted by Gasteiger charge is -2.09. The first kappa shape index (κ1) is 8.96. The fraction of sp³-hybridized carbons (Fsp3) is 0.714. The molecule has 1 N–H and O–H groups in total. The highest BCUT2D eigenvalue weighted by molar-refractivity contribution is 5.57. The van der Waals surface area contributed by atoms with Crippen LogP contribution in [0, 0.1) is 17.4 Å². The van der Waals surface area contributed by atoms with Crippen molar-refractivity contribution in [3.05, 3.63) is 0 Å². The molecule has 0 aromatic rings. The van der Waals surface area contributed by atoms with Gasteiger partial charge in [0.15, 0.2) is 6.19 Å². The molecule has 1 atom stereocenters. The molecule has 0 saturated heterocycles. The van der Waals surface area contributed by atoms with Gasteiger partial charge in [0.05, 0.1) is 6.04 Å². The molecule has 3 nitrogen and oxygen atoms in total. The minimum atomic E-state index is -0.301. The maximum atomic E-state index is 10.2. The molecular weight excluding hydrogens is 128 g/mol. The van der Waals surface area contributed by atoms with Gasteiger partial charge in [0.2, 0.25) is 0 Å². The first-order valence-corrected chi connectivity index (χ1v) is 3.30. The van der Waals surface area contributed by atoms with Crippen LogP contribution in [0.25, 0.3) is 0 Å². The van der Waals surface area contributed by atoms with Gasteiger partial charge < -0.3 is 10.1 Å². The fourth-order valence-corrected chi connectivity index (χ4v) is 0.739. The molecule has 0 unspecified atom stereocenters. The number of carbonyl (C=O) groups excluding carboxylic acids is 1. The third-order valence-corrected chi connectivity index (χ3v) is 1.14. The molecule has 0 aromatic heterocycles. The van der Waals surface area contributed by atoms with Crippen molar-refractivity contribution in [3.8, 4) is 6.19 Å². The molecule has 0 rings (SSSR count). The van der Waals surface area contributed by atoms with E-state index in [2.05, 4.69) is 5.32 Å². The van der Waals surface area contributed by atoms with Gasteiger partial charge in [0.1, 0.15) is 6.29 Å². The van der Waals surface area contributed by atoms with Crippen LogP contribution in [-0.2, 0) is 4.79 Å². The van der Waals surface area contributed by atoms with E-state index in [1.807, 2.05) is 13.8 Å². The molecule has 0 spiro atoms. The summed E-state index contributed by atoms with van der Waals surface area (Å²) in [7, 11) is 0. The second kappa shape index (κ2) is 4.80. The van der Waals surface area contributed by atoms with Crippen LogP contribution >= 0.6 is 0 Å². The number of nitriles is 1. The van der Waals surface area contributed by atoms with Gasteiger partial charge in [0.25, 0.3) is 0 Å². The predicted octanol–water partition coefficient (Wildman–Crippen LogP) is 0.671. The number of aldehydes is 1. The number of carbonyl (C=O) groups is 1. The summed E-state index contributed by atoms with van der Waals surface area (Å²) in [5.41, 5.74) is 0. The van der Waals surface area contributed by atoms with Gasteiger partial charge in [-0.3, -0.25) is 0 Å². The van der Waals surface area contributed by atoms with Gasteiger partial charge in [-0.25, -0.2) is 0 Å². The Morgan fingerprint density at radius 1 is 1.70 bits per heavy atom. The smallest absolute Gasteiger partial charge is 0.177 e. The number of nitrogens with zero attached hydrogens (tertiary/aromatic N) is 1. The monoisotopic (exact) mass is 140 g/mol. The first-order valence-electron chi connectivity index (χ1n) is 3.30. The van der Waals surface area contributed by atoms with Crippen LogP contribution in [0.5, 0.6) is 0 Å². The van der Waals surface area contributed by atoms with Gasteiger partial charge >= 0.3 is 0 Å². The summed E-state index contributed by atoms with van der Waals surface area (Å²) >= 11 is 0. The van der Waals surface area contributed by atoms with E-state index in [1.165, 1.54) is 0 Å². The summed E-state index contributed by atoms with van der Waals surface area (Å²) in [5, 5.41) is 10.6. The van der Waals surface area contributed by atoms with Crippen molar-refractivity contribution in [2.75, 3.05) is 0 Å². The zero-order valence-electron chi connectivity index (χ0n) is 6.29. The number of hydrogen-bond acceptors (Lipinski definition) is 3. The lowest BCUT2D eigenvalue weighted by atomic mass is 10.1. The quantitative estimate of drug-likeness (QED) is 0.355. The van der Waals surface area contributed by atoms with E-state index in [-0.39, 0.29) is 6.04 Å². The van der Waals surface area contributed by atoms with E-state index in [1.54, 1.807) is 6.19 Å². The second-order valence-corrected chi connectivity index (χ2v) is 2.63. The largest absolute Gasteiger partial charge is 0.314 e. The Kier molecular flexibility index (Phi) is 4.30. The molecule has 0 radical (unpaired) electrons.